The number of halogens is 1. The molecular weight excluding hydrogens is 398 g/mol. The normalized spacial score (nSPS) is 18.3. The predicted molar refractivity (Wildman–Crippen MR) is 121 cm³/mol. The topological polar surface area (TPSA) is 52.7 Å². The van der Waals surface area contributed by atoms with Gasteiger partial charge in [-0.3, -0.25) is 9.59 Å². The van der Waals surface area contributed by atoms with Crippen LogP contribution >= 0.6 is 11.6 Å². The fraction of sp³-hybridized carbons (Fsp3) is 0.417. The Morgan fingerprint density at radius 3 is 2.63 bits per heavy atom. The number of nitrogens with zero attached hydrogens (tertiary/aromatic N) is 2. The molecule has 0 spiro atoms. The summed E-state index contributed by atoms with van der Waals surface area (Å²) in [5, 5.41) is 3.65. The molecule has 5 nitrogen and oxygen atoms in total. The van der Waals surface area contributed by atoms with Gasteiger partial charge in [0.05, 0.1) is 10.7 Å². The van der Waals surface area contributed by atoms with Gasteiger partial charge in [0.2, 0.25) is 11.8 Å². The van der Waals surface area contributed by atoms with Crippen molar-refractivity contribution >= 4 is 34.8 Å². The highest BCUT2D eigenvalue weighted by Crippen LogP contribution is 2.38. The molecule has 2 aromatic carbocycles. The molecule has 0 bridgehead atoms. The molecule has 1 saturated heterocycles. The second kappa shape index (κ2) is 8.68. The number of nitrogens with one attached hydrogen (secondary N) is 1. The lowest BCUT2D eigenvalue weighted by Gasteiger charge is -2.34. The number of fused-ring (bicyclic) bond motifs is 1. The molecule has 158 valence electrons. The maximum atomic E-state index is 12.9. The van der Waals surface area contributed by atoms with Gasteiger partial charge in [0.15, 0.2) is 0 Å². The van der Waals surface area contributed by atoms with E-state index in [-0.39, 0.29) is 11.8 Å². The average molecular weight is 426 g/mol. The molecule has 2 aliphatic rings. The highest BCUT2D eigenvalue weighted by atomic mass is 35.5. The minimum absolute atomic E-state index is 0.0476. The van der Waals surface area contributed by atoms with Crippen molar-refractivity contribution in [1.82, 2.24) is 4.90 Å². The Bertz CT molecular complexity index is 958. The zero-order valence-corrected chi connectivity index (χ0v) is 18.3. The van der Waals surface area contributed by atoms with Gasteiger partial charge in [-0.15, -0.1) is 0 Å². The van der Waals surface area contributed by atoms with Gasteiger partial charge in [-0.2, -0.15) is 0 Å². The van der Waals surface area contributed by atoms with Gasteiger partial charge in [0.25, 0.3) is 0 Å². The van der Waals surface area contributed by atoms with Crippen LogP contribution in [0, 0.1) is 6.92 Å². The fourth-order valence-corrected chi connectivity index (χ4v) is 4.88. The zero-order valence-electron chi connectivity index (χ0n) is 17.6. The Hall–Kier alpha value is -2.53. The van der Waals surface area contributed by atoms with Crippen LogP contribution in [0.1, 0.15) is 42.9 Å². The standard InChI is InChI=1S/C24H28ClN3O2/c1-16-6-8-18(9-7-16)15-27-12-10-19-13-20(14-21(25)23(19)27)26-24(30)22-5-3-4-11-28(22)17(2)29/h6-9,13-14,22H,3-5,10-12,15H2,1-2H3,(H,26,30). The Morgan fingerprint density at radius 2 is 1.90 bits per heavy atom. The Morgan fingerprint density at radius 1 is 1.13 bits per heavy atom. The molecule has 2 aromatic rings. The van der Waals surface area contributed by atoms with Crippen molar-refractivity contribution in [2.24, 2.45) is 0 Å². The fourth-order valence-electron chi connectivity index (χ4n) is 4.52. The van der Waals surface area contributed by atoms with E-state index in [1.807, 2.05) is 12.1 Å². The molecule has 1 N–H and O–H groups in total. The molecule has 2 aliphatic heterocycles. The SMILES string of the molecule is CC(=O)N1CCCCC1C(=O)Nc1cc(Cl)c2c(c1)CCN2Cc1ccc(C)cc1. The third-order valence-electron chi connectivity index (χ3n) is 6.08. The van der Waals surface area contributed by atoms with Crippen LogP contribution in [0.4, 0.5) is 11.4 Å². The predicted octanol–water partition coefficient (Wildman–Crippen LogP) is 4.55. The monoisotopic (exact) mass is 425 g/mol. The van der Waals surface area contributed by atoms with Gasteiger partial charge in [0, 0.05) is 32.2 Å². The molecule has 0 aromatic heterocycles. The third kappa shape index (κ3) is 4.31. The molecular formula is C24H28ClN3O2. The van der Waals surface area contributed by atoms with E-state index in [4.69, 9.17) is 11.6 Å². The molecule has 2 amide bonds. The van der Waals surface area contributed by atoms with E-state index in [9.17, 15) is 9.59 Å². The largest absolute Gasteiger partial charge is 0.365 e. The van der Waals surface area contributed by atoms with Crippen LogP contribution in [0.2, 0.25) is 5.02 Å². The summed E-state index contributed by atoms with van der Waals surface area (Å²) in [5.41, 5.74) is 5.41. The van der Waals surface area contributed by atoms with E-state index in [0.717, 1.165) is 43.6 Å². The molecule has 2 heterocycles. The maximum absolute atomic E-state index is 12.9. The number of carbonyl (C=O) groups excluding carboxylic acids is 2. The van der Waals surface area contributed by atoms with Crippen molar-refractivity contribution in [3.8, 4) is 0 Å². The number of likely N-dealkylation sites (tertiary alicyclic amines) is 1. The van der Waals surface area contributed by atoms with Crippen molar-refractivity contribution in [2.45, 2.75) is 52.1 Å². The van der Waals surface area contributed by atoms with E-state index >= 15 is 0 Å². The quantitative estimate of drug-likeness (QED) is 0.781. The first-order valence-electron chi connectivity index (χ1n) is 10.6. The van der Waals surface area contributed by atoms with Crippen LogP contribution in [0.15, 0.2) is 36.4 Å². The molecule has 0 aliphatic carbocycles. The summed E-state index contributed by atoms with van der Waals surface area (Å²) in [4.78, 5) is 28.7. The van der Waals surface area contributed by atoms with Crippen molar-refractivity contribution in [3.05, 3.63) is 58.1 Å². The number of piperidine rings is 1. The van der Waals surface area contributed by atoms with E-state index in [1.165, 1.54) is 18.1 Å². The first kappa shape index (κ1) is 20.7. The molecule has 0 radical (unpaired) electrons. The lowest BCUT2D eigenvalue weighted by Crippen LogP contribution is -2.49. The minimum atomic E-state index is -0.402. The molecule has 30 heavy (non-hydrogen) atoms. The van der Waals surface area contributed by atoms with E-state index in [1.54, 1.807) is 4.90 Å². The van der Waals surface area contributed by atoms with E-state index in [0.29, 0.717) is 23.7 Å². The van der Waals surface area contributed by atoms with E-state index in [2.05, 4.69) is 41.4 Å². The Balaban J connectivity index is 1.49. The number of hydrogen-bond donors (Lipinski definition) is 1. The van der Waals surface area contributed by atoms with Gasteiger partial charge in [0.1, 0.15) is 6.04 Å². The first-order chi connectivity index (χ1) is 14.4. The third-order valence-corrected chi connectivity index (χ3v) is 6.37. The van der Waals surface area contributed by atoms with Gasteiger partial charge >= 0.3 is 0 Å². The number of amides is 2. The smallest absolute Gasteiger partial charge is 0.247 e. The van der Waals surface area contributed by atoms with Crippen LogP contribution in [0.3, 0.4) is 0 Å². The van der Waals surface area contributed by atoms with Crippen LogP contribution < -0.4 is 10.2 Å². The summed E-state index contributed by atoms with van der Waals surface area (Å²) in [6.07, 6.45) is 3.51. The number of anilines is 2. The Labute approximate surface area is 183 Å². The van der Waals surface area contributed by atoms with Crippen molar-refractivity contribution in [3.63, 3.8) is 0 Å². The summed E-state index contributed by atoms with van der Waals surface area (Å²) in [5.74, 6) is -0.177. The van der Waals surface area contributed by atoms with Crippen molar-refractivity contribution in [2.75, 3.05) is 23.3 Å². The summed E-state index contributed by atoms with van der Waals surface area (Å²) < 4.78 is 0. The number of carbonyl (C=O) groups is 2. The lowest BCUT2D eigenvalue weighted by atomic mass is 10.0. The van der Waals surface area contributed by atoms with E-state index < -0.39 is 6.04 Å². The molecule has 4 rings (SSSR count). The van der Waals surface area contributed by atoms with Crippen LogP contribution in [0.5, 0.6) is 0 Å². The number of hydrogen-bond acceptors (Lipinski definition) is 3. The van der Waals surface area contributed by atoms with Gasteiger partial charge < -0.3 is 15.1 Å². The molecule has 1 atom stereocenters. The van der Waals surface area contributed by atoms with Gasteiger partial charge in [-0.25, -0.2) is 0 Å². The van der Waals surface area contributed by atoms with Gasteiger partial charge in [-0.1, -0.05) is 41.4 Å². The zero-order chi connectivity index (χ0) is 21.3. The molecule has 6 heteroatoms. The molecule has 0 saturated carbocycles. The van der Waals surface area contributed by atoms with Crippen molar-refractivity contribution in [1.29, 1.82) is 0 Å². The van der Waals surface area contributed by atoms with Crippen LogP contribution in [-0.4, -0.2) is 35.8 Å². The summed E-state index contributed by atoms with van der Waals surface area (Å²) >= 11 is 6.65. The lowest BCUT2D eigenvalue weighted by molar-refractivity contribution is -0.138. The number of aryl methyl sites for hydroxylation is 1. The highest BCUT2D eigenvalue weighted by Gasteiger charge is 2.31. The summed E-state index contributed by atoms with van der Waals surface area (Å²) in [7, 11) is 0. The summed E-state index contributed by atoms with van der Waals surface area (Å²) in [6.45, 7) is 5.98. The van der Waals surface area contributed by atoms with Crippen LogP contribution in [-0.2, 0) is 22.6 Å². The summed E-state index contributed by atoms with van der Waals surface area (Å²) in [6, 6.07) is 12.0. The van der Waals surface area contributed by atoms with Gasteiger partial charge in [-0.05, 0) is 55.9 Å². The maximum Gasteiger partial charge on any atom is 0.247 e. The van der Waals surface area contributed by atoms with Crippen molar-refractivity contribution < 1.29 is 9.59 Å². The minimum Gasteiger partial charge on any atom is -0.365 e. The number of rotatable bonds is 4. The Kier molecular flexibility index (Phi) is 6.00. The molecule has 1 unspecified atom stereocenters. The van der Waals surface area contributed by atoms with Crippen LogP contribution in [0.25, 0.3) is 0 Å². The average Bonchev–Trinajstić information content (AvgIpc) is 3.12. The second-order valence-corrected chi connectivity index (χ2v) is 8.74. The number of benzene rings is 2. The molecule has 1 fully saturated rings. The highest BCUT2D eigenvalue weighted by molar-refractivity contribution is 6.34. The first-order valence-corrected chi connectivity index (χ1v) is 11.0. The second-order valence-electron chi connectivity index (χ2n) is 8.34.